The van der Waals surface area contributed by atoms with Gasteiger partial charge in [0.05, 0.1) is 19.5 Å². The minimum Gasteiger partial charge on any atom is -0.394 e. The summed E-state index contributed by atoms with van der Waals surface area (Å²) in [4.78, 5) is 11.8. The Morgan fingerprint density at radius 2 is 2.31 bits per heavy atom. The van der Waals surface area contributed by atoms with Crippen LogP contribution in [0.3, 0.4) is 0 Å². The molecule has 0 unspecified atom stereocenters. The van der Waals surface area contributed by atoms with Crippen molar-refractivity contribution in [3.63, 3.8) is 0 Å². The highest BCUT2D eigenvalue weighted by molar-refractivity contribution is 6.33. The number of nitrogens with zero attached hydrogens (tertiary/aromatic N) is 4. The lowest BCUT2D eigenvalue weighted by Gasteiger charge is -2.04. The second kappa shape index (κ2) is 4.60. The smallest absolute Gasteiger partial charge is 0.223 e. The van der Waals surface area contributed by atoms with Crippen LogP contribution >= 0.6 is 11.6 Å². The number of imidazole rings is 1. The summed E-state index contributed by atoms with van der Waals surface area (Å²) in [5, 5.41) is 8.79. The number of nitrogens with two attached hydrogens (primary N) is 1. The molecule has 3 N–H and O–H groups in total. The van der Waals surface area contributed by atoms with Gasteiger partial charge in [-0.25, -0.2) is 4.98 Å². The first-order valence-electron chi connectivity index (χ1n) is 4.55. The molecule has 8 heteroatoms. The highest BCUT2D eigenvalue weighted by Crippen LogP contribution is 2.19. The number of hydrogen-bond acceptors (Lipinski definition) is 6. The van der Waals surface area contributed by atoms with Crippen LogP contribution in [0.25, 0.3) is 11.2 Å². The minimum atomic E-state index is -0.0372. The molecule has 2 aromatic rings. The minimum absolute atomic E-state index is 0.0372. The molecule has 0 fully saturated rings. The highest BCUT2D eigenvalue weighted by atomic mass is 35.5. The van der Waals surface area contributed by atoms with Gasteiger partial charge in [-0.05, 0) is 0 Å². The van der Waals surface area contributed by atoms with E-state index in [4.69, 9.17) is 27.2 Å². The van der Waals surface area contributed by atoms with Crippen LogP contribution in [0.2, 0.25) is 5.15 Å². The van der Waals surface area contributed by atoms with Gasteiger partial charge in [0, 0.05) is 0 Å². The number of fused-ring (bicyclic) bond motifs is 1. The van der Waals surface area contributed by atoms with Gasteiger partial charge in [0.25, 0.3) is 0 Å². The molecule has 0 bridgehead atoms. The van der Waals surface area contributed by atoms with Gasteiger partial charge in [-0.2, -0.15) is 9.97 Å². The van der Waals surface area contributed by atoms with Gasteiger partial charge >= 0.3 is 0 Å². The number of aromatic nitrogens is 4. The van der Waals surface area contributed by atoms with Crippen molar-refractivity contribution in [1.82, 2.24) is 19.5 Å². The largest absolute Gasteiger partial charge is 0.394 e. The highest BCUT2D eigenvalue weighted by Gasteiger charge is 2.10. The van der Waals surface area contributed by atoms with E-state index >= 15 is 0 Å². The molecule has 2 heterocycles. The van der Waals surface area contributed by atoms with Gasteiger partial charge in [-0.1, -0.05) is 11.6 Å². The molecule has 0 spiro atoms. The molecule has 0 aliphatic carbocycles. The first-order chi connectivity index (χ1) is 7.72. The fourth-order valence-corrected chi connectivity index (χ4v) is 1.47. The molecule has 0 aliphatic rings. The molecule has 7 nitrogen and oxygen atoms in total. The van der Waals surface area contributed by atoms with Crippen LogP contribution in [-0.4, -0.2) is 37.8 Å². The molecule has 0 saturated carbocycles. The zero-order valence-electron chi connectivity index (χ0n) is 8.30. The monoisotopic (exact) mass is 243 g/mol. The quantitative estimate of drug-likeness (QED) is 0.581. The number of anilines is 1. The van der Waals surface area contributed by atoms with Crippen molar-refractivity contribution in [2.24, 2.45) is 0 Å². The van der Waals surface area contributed by atoms with Crippen molar-refractivity contribution >= 4 is 28.7 Å². The molecule has 0 amide bonds. The summed E-state index contributed by atoms with van der Waals surface area (Å²) in [6, 6.07) is 0. The topological polar surface area (TPSA) is 99.1 Å². The molecular weight excluding hydrogens is 234 g/mol. The van der Waals surface area contributed by atoms with Crippen LogP contribution in [0.5, 0.6) is 0 Å². The Kier molecular flexibility index (Phi) is 3.18. The van der Waals surface area contributed by atoms with Crippen LogP contribution in [0, 0.1) is 0 Å². The Labute approximate surface area is 95.8 Å². The molecule has 2 aromatic heterocycles. The number of nitrogen functional groups attached to an aromatic ring is 1. The summed E-state index contributed by atoms with van der Waals surface area (Å²) >= 11 is 5.85. The van der Waals surface area contributed by atoms with E-state index in [-0.39, 0.29) is 31.0 Å². The number of hydrogen-bond donors (Lipinski definition) is 2. The lowest BCUT2D eigenvalue weighted by Crippen LogP contribution is -2.06. The maximum absolute atomic E-state index is 8.58. The van der Waals surface area contributed by atoms with Crippen molar-refractivity contribution in [3.8, 4) is 0 Å². The van der Waals surface area contributed by atoms with E-state index in [0.717, 1.165) is 0 Å². The van der Waals surface area contributed by atoms with E-state index < -0.39 is 0 Å². The normalized spacial score (nSPS) is 11.1. The predicted molar refractivity (Wildman–Crippen MR) is 57.8 cm³/mol. The molecule has 2 rings (SSSR count). The van der Waals surface area contributed by atoms with E-state index in [1.807, 2.05) is 0 Å². The fourth-order valence-electron chi connectivity index (χ4n) is 1.25. The molecule has 16 heavy (non-hydrogen) atoms. The maximum atomic E-state index is 8.58. The first-order valence-corrected chi connectivity index (χ1v) is 4.92. The van der Waals surface area contributed by atoms with Crippen LogP contribution in [0.4, 0.5) is 5.95 Å². The lowest BCUT2D eigenvalue weighted by molar-refractivity contribution is 0.0499. The van der Waals surface area contributed by atoms with Gasteiger partial charge in [0.15, 0.2) is 10.8 Å². The molecular formula is C8H10ClN5O2. The molecule has 0 saturated heterocycles. The fraction of sp³-hybridized carbons (Fsp3) is 0.375. The summed E-state index contributed by atoms with van der Waals surface area (Å²) < 4.78 is 6.78. The average Bonchev–Trinajstić information content (AvgIpc) is 2.62. The summed E-state index contributed by atoms with van der Waals surface area (Å²) in [6.45, 7) is 0.433. The zero-order valence-corrected chi connectivity index (χ0v) is 9.05. The van der Waals surface area contributed by atoms with Crippen molar-refractivity contribution < 1.29 is 9.84 Å². The van der Waals surface area contributed by atoms with Crippen LogP contribution < -0.4 is 5.73 Å². The summed E-state index contributed by atoms with van der Waals surface area (Å²) in [5.41, 5.74) is 6.46. The van der Waals surface area contributed by atoms with Gasteiger partial charge < -0.3 is 15.6 Å². The molecule has 0 atom stereocenters. The second-order valence-electron chi connectivity index (χ2n) is 3.02. The van der Waals surface area contributed by atoms with Crippen molar-refractivity contribution in [2.75, 3.05) is 18.9 Å². The Hall–Kier alpha value is -1.44. The average molecular weight is 244 g/mol. The molecule has 86 valence electrons. The Bertz CT molecular complexity index is 500. The third-order valence-corrected chi connectivity index (χ3v) is 2.17. The second-order valence-corrected chi connectivity index (χ2v) is 3.38. The van der Waals surface area contributed by atoms with E-state index in [1.54, 1.807) is 4.57 Å². The summed E-state index contributed by atoms with van der Waals surface area (Å²) in [7, 11) is 0. The number of aliphatic hydroxyl groups excluding tert-OH is 1. The SMILES string of the molecule is Nc1nc(Cl)c2ncn(COCCO)c2n1. The molecule has 0 radical (unpaired) electrons. The zero-order chi connectivity index (χ0) is 11.5. The van der Waals surface area contributed by atoms with Gasteiger partial charge in [-0.3, -0.25) is 4.57 Å². The Morgan fingerprint density at radius 1 is 1.50 bits per heavy atom. The van der Waals surface area contributed by atoms with Gasteiger partial charge in [0.1, 0.15) is 12.2 Å². The van der Waals surface area contributed by atoms with Gasteiger partial charge in [0.2, 0.25) is 5.95 Å². The third-order valence-electron chi connectivity index (χ3n) is 1.90. The van der Waals surface area contributed by atoms with Crippen LogP contribution in [0.1, 0.15) is 0 Å². The summed E-state index contributed by atoms with van der Waals surface area (Å²) in [6.07, 6.45) is 1.53. The van der Waals surface area contributed by atoms with Crippen LogP contribution in [-0.2, 0) is 11.5 Å². The maximum Gasteiger partial charge on any atom is 0.223 e. The standard InChI is InChI=1S/C8H10ClN5O2/c9-6-5-7(13-8(10)12-6)14(3-11-5)4-16-2-1-15/h3,15H,1-2,4H2,(H2,10,12,13). The number of aliphatic hydroxyl groups is 1. The Balaban J connectivity index is 2.32. The van der Waals surface area contributed by atoms with E-state index in [9.17, 15) is 0 Å². The van der Waals surface area contributed by atoms with Gasteiger partial charge in [-0.15, -0.1) is 0 Å². The first kappa shape index (κ1) is 11.1. The number of halogens is 1. The van der Waals surface area contributed by atoms with Crippen molar-refractivity contribution in [3.05, 3.63) is 11.5 Å². The van der Waals surface area contributed by atoms with E-state index in [0.29, 0.717) is 11.2 Å². The molecule has 0 aromatic carbocycles. The predicted octanol–water partition coefficient (Wildman–Crippen LogP) is 0.0283. The lowest BCUT2D eigenvalue weighted by atomic mass is 10.5. The molecule has 0 aliphatic heterocycles. The van der Waals surface area contributed by atoms with Crippen molar-refractivity contribution in [2.45, 2.75) is 6.73 Å². The van der Waals surface area contributed by atoms with Crippen LogP contribution in [0.15, 0.2) is 6.33 Å². The third kappa shape index (κ3) is 2.06. The Morgan fingerprint density at radius 3 is 3.06 bits per heavy atom. The van der Waals surface area contributed by atoms with Crippen molar-refractivity contribution in [1.29, 1.82) is 0 Å². The number of ether oxygens (including phenoxy) is 1. The number of rotatable bonds is 4. The van der Waals surface area contributed by atoms with E-state index in [1.165, 1.54) is 6.33 Å². The van der Waals surface area contributed by atoms with E-state index in [2.05, 4.69) is 15.0 Å². The summed E-state index contributed by atoms with van der Waals surface area (Å²) in [5.74, 6) is 0.0846.